The summed E-state index contributed by atoms with van der Waals surface area (Å²) in [5, 5.41) is 4.05. The normalized spacial score (nSPS) is 10.5. The summed E-state index contributed by atoms with van der Waals surface area (Å²) in [5.74, 6) is -0.487. The van der Waals surface area contributed by atoms with Crippen molar-refractivity contribution in [1.82, 2.24) is 9.61 Å². The maximum Gasteiger partial charge on any atom is 0.361 e. The van der Waals surface area contributed by atoms with E-state index in [9.17, 15) is 4.79 Å². The van der Waals surface area contributed by atoms with Crippen molar-refractivity contribution < 1.29 is 9.53 Å². The predicted octanol–water partition coefficient (Wildman–Crippen LogP) is 1.09. The van der Waals surface area contributed by atoms with E-state index < -0.39 is 5.97 Å². The Hall–Kier alpha value is -2.04. The second-order valence-electron chi connectivity index (χ2n) is 3.01. The number of rotatable bonds is 2. The van der Waals surface area contributed by atoms with Gasteiger partial charge in [0.15, 0.2) is 5.69 Å². The minimum Gasteiger partial charge on any atom is -0.461 e. The van der Waals surface area contributed by atoms with Gasteiger partial charge in [-0.15, -0.1) is 0 Å². The second-order valence-corrected chi connectivity index (χ2v) is 3.01. The predicted molar refractivity (Wildman–Crippen MR) is 55.6 cm³/mol. The molecule has 2 heterocycles. The van der Waals surface area contributed by atoms with Crippen molar-refractivity contribution in [3.05, 3.63) is 30.1 Å². The molecule has 0 aromatic carbocycles. The number of aromatic nitrogens is 2. The van der Waals surface area contributed by atoms with Crippen LogP contribution in [0.15, 0.2) is 24.4 Å². The first-order valence-electron chi connectivity index (χ1n) is 4.64. The summed E-state index contributed by atoms with van der Waals surface area (Å²) in [5.41, 5.74) is 7.02. The van der Waals surface area contributed by atoms with Gasteiger partial charge in [0.25, 0.3) is 0 Å². The number of carbonyl (C=O) groups excluding carboxylic acids is 1. The van der Waals surface area contributed by atoms with Crippen molar-refractivity contribution in [2.75, 3.05) is 12.3 Å². The Bertz CT molecular complexity index is 504. The Morgan fingerprint density at radius 2 is 2.40 bits per heavy atom. The molecule has 2 aromatic rings. The lowest BCUT2D eigenvalue weighted by Gasteiger charge is -1.97. The molecule has 0 atom stereocenters. The molecule has 0 aliphatic heterocycles. The van der Waals surface area contributed by atoms with Crippen molar-refractivity contribution in [2.45, 2.75) is 6.92 Å². The summed E-state index contributed by atoms with van der Waals surface area (Å²) in [4.78, 5) is 11.5. The highest BCUT2D eigenvalue weighted by Crippen LogP contribution is 2.18. The molecule has 2 rings (SSSR count). The summed E-state index contributed by atoms with van der Waals surface area (Å²) >= 11 is 0. The van der Waals surface area contributed by atoms with Crippen LogP contribution in [0.5, 0.6) is 0 Å². The third-order valence-corrected chi connectivity index (χ3v) is 2.05. The lowest BCUT2D eigenvalue weighted by atomic mass is 10.3. The zero-order chi connectivity index (χ0) is 10.8. The van der Waals surface area contributed by atoms with Gasteiger partial charge in [-0.3, -0.25) is 0 Å². The van der Waals surface area contributed by atoms with Gasteiger partial charge in [-0.1, -0.05) is 6.07 Å². The van der Waals surface area contributed by atoms with Crippen molar-refractivity contribution in [3.63, 3.8) is 0 Å². The number of carbonyl (C=O) groups is 1. The van der Waals surface area contributed by atoms with Crippen molar-refractivity contribution in [2.24, 2.45) is 0 Å². The van der Waals surface area contributed by atoms with E-state index in [-0.39, 0.29) is 5.69 Å². The number of hydrogen-bond donors (Lipinski definition) is 1. The molecule has 78 valence electrons. The third-order valence-electron chi connectivity index (χ3n) is 2.05. The van der Waals surface area contributed by atoms with E-state index in [4.69, 9.17) is 10.5 Å². The number of esters is 1. The standard InChI is InChI=1S/C10H11N3O2/c1-2-15-10(14)9-8(11)7-5-3-4-6-13(7)12-9/h3-6H,2,11H2,1H3. The fraction of sp³-hybridized carbons (Fsp3) is 0.200. The molecule has 0 aliphatic rings. The molecule has 5 heteroatoms. The fourth-order valence-corrected chi connectivity index (χ4v) is 1.37. The number of nitrogens with zero attached hydrogens (tertiary/aromatic N) is 2. The van der Waals surface area contributed by atoms with Gasteiger partial charge in [0.1, 0.15) is 0 Å². The number of fused-ring (bicyclic) bond motifs is 1. The van der Waals surface area contributed by atoms with E-state index in [0.717, 1.165) is 0 Å². The Labute approximate surface area is 86.4 Å². The van der Waals surface area contributed by atoms with Crippen LogP contribution in [0, 0.1) is 0 Å². The molecule has 0 saturated heterocycles. The van der Waals surface area contributed by atoms with Crippen LogP contribution >= 0.6 is 0 Å². The molecule has 0 spiro atoms. The van der Waals surface area contributed by atoms with E-state index in [1.54, 1.807) is 23.7 Å². The topological polar surface area (TPSA) is 69.6 Å². The average molecular weight is 205 g/mol. The summed E-state index contributed by atoms with van der Waals surface area (Å²) in [6.45, 7) is 2.05. The summed E-state index contributed by atoms with van der Waals surface area (Å²) in [6.07, 6.45) is 1.73. The maximum absolute atomic E-state index is 11.5. The second kappa shape index (κ2) is 3.61. The number of hydrogen-bond acceptors (Lipinski definition) is 4. The van der Waals surface area contributed by atoms with Gasteiger partial charge in [-0.05, 0) is 19.1 Å². The van der Waals surface area contributed by atoms with E-state index in [1.165, 1.54) is 0 Å². The number of anilines is 1. The molecule has 0 unspecified atom stereocenters. The average Bonchev–Trinajstić information content (AvgIpc) is 2.57. The molecule has 5 nitrogen and oxygen atoms in total. The molecule has 0 radical (unpaired) electrons. The van der Waals surface area contributed by atoms with Crippen LogP contribution < -0.4 is 5.73 Å². The third kappa shape index (κ3) is 1.52. The Balaban J connectivity index is 2.53. The Morgan fingerprint density at radius 3 is 3.07 bits per heavy atom. The molecule has 0 saturated carbocycles. The minimum atomic E-state index is -0.487. The minimum absolute atomic E-state index is 0.169. The van der Waals surface area contributed by atoms with E-state index in [2.05, 4.69) is 5.10 Å². The Kier molecular flexibility index (Phi) is 2.29. The monoisotopic (exact) mass is 205 g/mol. The highest BCUT2D eigenvalue weighted by atomic mass is 16.5. The van der Waals surface area contributed by atoms with Crippen LogP contribution in [0.3, 0.4) is 0 Å². The van der Waals surface area contributed by atoms with Gasteiger partial charge in [0.05, 0.1) is 17.8 Å². The summed E-state index contributed by atoms with van der Waals surface area (Å²) in [6, 6.07) is 5.45. The van der Waals surface area contributed by atoms with Crippen molar-refractivity contribution in [3.8, 4) is 0 Å². The zero-order valence-corrected chi connectivity index (χ0v) is 8.30. The molecule has 2 aromatic heterocycles. The van der Waals surface area contributed by atoms with Crippen LogP contribution in [0.25, 0.3) is 5.52 Å². The van der Waals surface area contributed by atoms with Gasteiger partial charge in [-0.25, -0.2) is 9.31 Å². The molecule has 0 amide bonds. The lowest BCUT2D eigenvalue weighted by molar-refractivity contribution is 0.0520. The Morgan fingerprint density at radius 1 is 1.60 bits per heavy atom. The first kappa shape index (κ1) is 9.51. The van der Waals surface area contributed by atoms with Crippen molar-refractivity contribution >= 4 is 17.2 Å². The van der Waals surface area contributed by atoms with Crippen LogP contribution in [-0.2, 0) is 4.74 Å². The lowest BCUT2D eigenvalue weighted by Crippen LogP contribution is -2.07. The number of nitrogens with two attached hydrogens (primary N) is 1. The van der Waals surface area contributed by atoms with Gasteiger partial charge < -0.3 is 10.5 Å². The first-order chi connectivity index (χ1) is 7.24. The largest absolute Gasteiger partial charge is 0.461 e. The van der Waals surface area contributed by atoms with Gasteiger partial charge in [0, 0.05) is 6.20 Å². The van der Waals surface area contributed by atoms with E-state index in [0.29, 0.717) is 17.8 Å². The SMILES string of the molecule is CCOC(=O)c1nn2ccccc2c1N. The zero-order valence-electron chi connectivity index (χ0n) is 8.30. The van der Waals surface area contributed by atoms with Crippen LogP contribution in [0.1, 0.15) is 17.4 Å². The molecule has 15 heavy (non-hydrogen) atoms. The maximum atomic E-state index is 11.5. The fourth-order valence-electron chi connectivity index (χ4n) is 1.37. The first-order valence-corrected chi connectivity index (χ1v) is 4.64. The van der Waals surface area contributed by atoms with Crippen molar-refractivity contribution in [1.29, 1.82) is 0 Å². The van der Waals surface area contributed by atoms with Crippen LogP contribution in [0.2, 0.25) is 0 Å². The van der Waals surface area contributed by atoms with Gasteiger partial charge in [0.2, 0.25) is 0 Å². The van der Waals surface area contributed by atoms with Crippen LogP contribution in [0.4, 0.5) is 5.69 Å². The summed E-state index contributed by atoms with van der Waals surface area (Å²) in [7, 11) is 0. The summed E-state index contributed by atoms with van der Waals surface area (Å²) < 4.78 is 6.40. The molecular weight excluding hydrogens is 194 g/mol. The quantitative estimate of drug-likeness (QED) is 0.745. The number of nitrogen functional groups attached to an aromatic ring is 1. The molecule has 0 aliphatic carbocycles. The van der Waals surface area contributed by atoms with E-state index >= 15 is 0 Å². The van der Waals surface area contributed by atoms with E-state index in [1.807, 2.05) is 12.1 Å². The number of ether oxygens (including phenoxy) is 1. The highest BCUT2D eigenvalue weighted by molar-refractivity contribution is 5.97. The number of pyridine rings is 1. The highest BCUT2D eigenvalue weighted by Gasteiger charge is 2.17. The molecule has 0 fully saturated rings. The van der Waals surface area contributed by atoms with Crippen LogP contribution in [-0.4, -0.2) is 22.2 Å². The molecule has 0 bridgehead atoms. The molecule has 2 N–H and O–H groups in total. The van der Waals surface area contributed by atoms with Gasteiger partial charge >= 0.3 is 5.97 Å². The molecular formula is C10H11N3O2. The van der Waals surface area contributed by atoms with Gasteiger partial charge in [-0.2, -0.15) is 5.10 Å². The smallest absolute Gasteiger partial charge is 0.361 e.